The number of fused-ring (bicyclic) bond motifs is 3. The Bertz CT molecular complexity index is 1520. The Labute approximate surface area is 213 Å². The van der Waals surface area contributed by atoms with E-state index >= 15 is 0 Å². The first kappa shape index (κ1) is 23.7. The highest BCUT2D eigenvalue weighted by molar-refractivity contribution is 7.23. The predicted octanol–water partition coefficient (Wildman–Crippen LogP) is 5.60. The molecule has 1 amide bonds. The molecule has 7 nitrogen and oxygen atoms in total. The van der Waals surface area contributed by atoms with Gasteiger partial charge in [-0.2, -0.15) is 0 Å². The van der Waals surface area contributed by atoms with E-state index in [1.807, 2.05) is 73.8 Å². The van der Waals surface area contributed by atoms with E-state index in [1.54, 1.807) is 25.6 Å². The Kier molecular flexibility index (Phi) is 6.77. The summed E-state index contributed by atoms with van der Waals surface area (Å²) in [6.45, 7) is 3.11. The molecule has 0 unspecified atom stereocenters. The summed E-state index contributed by atoms with van der Waals surface area (Å²) in [6.07, 6.45) is 2.69. The monoisotopic (exact) mass is 501 g/mol. The van der Waals surface area contributed by atoms with Gasteiger partial charge in [0.25, 0.3) is 5.91 Å². The lowest BCUT2D eigenvalue weighted by atomic mass is 10.1. The number of aromatic nitrogens is 2. The number of methoxy groups -OCH3 is 2. The fourth-order valence-electron chi connectivity index (χ4n) is 4.14. The molecule has 0 aliphatic rings. The van der Waals surface area contributed by atoms with Crippen molar-refractivity contribution in [1.82, 2.24) is 14.7 Å². The van der Waals surface area contributed by atoms with E-state index in [1.165, 1.54) is 0 Å². The van der Waals surface area contributed by atoms with Crippen molar-refractivity contribution in [2.45, 2.75) is 13.3 Å². The molecule has 184 valence electrons. The fourth-order valence-corrected chi connectivity index (χ4v) is 5.19. The van der Waals surface area contributed by atoms with Crippen molar-refractivity contribution < 1.29 is 19.0 Å². The SMILES string of the molecule is CCOc1ccc(-c2cn3c(n2)sc2cc(C(=O)NCCc4ccc(OC)cc4OC)ccc23)cc1. The number of imidazole rings is 1. The summed E-state index contributed by atoms with van der Waals surface area (Å²) in [5.41, 5.74) is 4.60. The maximum Gasteiger partial charge on any atom is 0.251 e. The second-order valence-corrected chi connectivity index (χ2v) is 9.21. The number of ether oxygens (including phenoxy) is 3. The van der Waals surface area contributed by atoms with E-state index in [9.17, 15) is 4.79 Å². The maximum absolute atomic E-state index is 12.8. The van der Waals surface area contributed by atoms with E-state index in [0.717, 1.165) is 49.2 Å². The van der Waals surface area contributed by atoms with Gasteiger partial charge in [-0.25, -0.2) is 4.98 Å². The van der Waals surface area contributed by atoms with Crippen LogP contribution in [0, 0.1) is 0 Å². The molecule has 0 aliphatic heterocycles. The Balaban J connectivity index is 1.28. The normalized spacial score (nSPS) is 11.1. The Morgan fingerprint density at radius 1 is 1.00 bits per heavy atom. The number of hydrogen-bond acceptors (Lipinski definition) is 6. The van der Waals surface area contributed by atoms with Gasteiger partial charge in [-0.3, -0.25) is 9.20 Å². The van der Waals surface area contributed by atoms with E-state index in [4.69, 9.17) is 19.2 Å². The van der Waals surface area contributed by atoms with Crippen LogP contribution in [0.25, 0.3) is 26.4 Å². The minimum atomic E-state index is -0.106. The largest absolute Gasteiger partial charge is 0.497 e. The van der Waals surface area contributed by atoms with Gasteiger partial charge in [0.05, 0.1) is 36.7 Å². The Hall–Kier alpha value is -4.04. The van der Waals surface area contributed by atoms with Crippen LogP contribution in [0.4, 0.5) is 0 Å². The van der Waals surface area contributed by atoms with Gasteiger partial charge in [0, 0.05) is 29.9 Å². The van der Waals surface area contributed by atoms with Crippen LogP contribution in [0.3, 0.4) is 0 Å². The second kappa shape index (κ2) is 10.3. The minimum Gasteiger partial charge on any atom is -0.497 e. The van der Waals surface area contributed by atoms with Crippen molar-refractivity contribution in [2.24, 2.45) is 0 Å². The highest BCUT2D eigenvalue weighted by atomic mass is 32.1. The molecule has 0 saturated carbocycles. The van der Waals surface area contributed by atoms with Gasteiger partial charge in [-0.1, -0.05) is 17.4 Å². The molecule has 0 aliphatic carbocycles. The van der Waals surface area contributed by atoms with Crippen LogP contribution < -0.4 is 19.5 Å². The van der Waals surface area contributed by atoms with Gasteiger partial charge in [0.2, 0.25) is 0 Å². The number of hydrogen-bond donors (Lipinski definition) is 1. The van der Waals surface area contributed by atoms with E-state index in [-0.39, 0.29) is 5.91 Å². The molecular weight excluding hydrogens is 474 g/mol. The standard InChI is InChI=1S/C28H27N3O4S/c1-4-35-21-9-5-18(6-10-21)23-17-31-24-12-8-20(15-26(24)36-28(31)30-23)27(32)29-14-13-19-7-11-22(33-2)16-25(19)34-3/h5-12,15-17H,4,13-14H2,1-3H3,(H,29,32). The van der Waals surface area contributed by atoms with Gasteiger partial charge in [0.1, 0.15) is 17.2 Å². The topological polar surface area (TPSA) is 74.1 Å². The number of amides is 1. The summed E-state index contributed by atoms with van der Waals surface area (Å²) in [7, 11) is 3.25. The molecule has 0 fully saturated rings. The third-order valence-corrected chi connectivity index (χ3v) is 7.01. The summed E-state index contributed by atoms with van der Waals surface area (Å²) in [6, 6.07) is 19.4. The van der Waals surface area contributed by atoms with Gasteiger partial charge in [-0.15, -0.1) is 0 Å². The third kappa shape index (κ3) is 4.72. The molecule has 36 heavy (non-hydrogen) atoms. The smallest absolute Gasteiger partial charge is 0.251 e. The summed E-state index contributed by atoms with van der Waals surface area (Å²) in [5, 5.41) is 3.01. The van der Waals surface area contributed by atoms with E-state index in [0.29, 0.717) is 25.1 Å². The first-order chi connectivity index (χ1) is 17.6. The number of benzene rings is 3. The highest BCUT2D eigenvalue weighted by Gasteiger charge is 2.14. The summed E-state index contributed by atoms with van der Waals surface area (Å²) in [4.78, 5) is 18.5. The van der Waals surface area contributed by atoms with Crippen molar-refractivity contribution in [2.75, 3.05) is 27.4 Å². The van der Waals surface area contributed by atoms with Crippen molar-refractivity contribution in [1.29, 1.82) is 0 Å². The lowest BCUT2D eigenvalue weighted by Crippen LogP contribution is -2.25. The second-order valence-electron chi connectivity index (χ2n) is 8.20. The minimum absolute atomic E-state index is 0.106. The number of rotatable bonds is 9. The van der Waals surface area contributed by atoms with Crippen molar-refractivity contribution >= 4 is 32.4 Å². The van der Waals surface area contributed by atoms with Gasteiger partial charge in [-0.05, 0) is 67.4 Å². The van der Waals surface area contributed by atoms with Gasteiger partial charge in [0.15, 0.2) is 4.96 Å². The molecule has 0 saturated heterocycles. The molecule has 5 aromatic rings. The number of carbonyl (C=O) groups excluding carboxylic acids is 1. The van der Waals surface area contributed by atoms with E-state index < -0.39 is 0 Å². The number of thiazole rings is 1. The third-order valence-electron chi connectivity index (χ3n) is 5.99. The summed E-state index contributed by atoms with van der Waals surface area (Å²) >= 11 is 1.57. The molecule has 0 spiro atoms. The van der Waals surface area contributed by atoms with Crippen LogP contribution in [0.2, 0.25) is 0 Å². The van der Waals surface area contributed by atoms with Crippen molar-refractivity contribution in [3.05, 3.63) is 78.0 Å². The molecule has 2 heterocycles. The highest BCUT2D eigenvalue weighted by Crippen LogP contribution is 2.31. The maximum atomic E-state index is 12.8. The van der Waals surface area contributed by atoms with Gasteiger partial charge < -0.3 is 19.5 Å². The zero-order valence-electron chi connectivity index (χ0n) is 20.4. The van der Waals surface area contributed by atoms with Crippen LogP contribution >= 0.6 is 11.3 Å². The molecular formula is C28H27N3O4S. The van der Waals surface area contributed by atoms with Crippen LogP contribution in [0.1, 0.15) is 22.8 Å². The molecule has 2 aromatic heterocycles. The zero-order chi connectivity index (χ0) is 25.1. The van der Waals surface area contributed by atoms with Crippen molar-refractivity contribution in [3.63, 3.8) is 0 Å². The number of carbonyl (C=O) groups is 1. The van der Waals surface area contributed by atoms with Crippen LogP contribution in [0.15, 0.2) is 66.9 Å². The predicted molar refractivity (Wildman–Crippen MR) is 143 cm³/mol. The lowest BCUT2D eigenvalue weighted by Gasteiger charge is -2.11. The molecule has 3 aromatic carbocycles. The molecule has 1 N–H and O–H groups in total. The average molecular weight is 502 g/mol. The summed E-state index contributed by atoms with van der Waals surface area (Å²) < 4.78 is 19.3. The number of nitrogens with one attached hydrogen (secondary N) is 1. The number of nitrogens with zero attached hydrogens (tertiary/aromatic N) is 2. The van der Waals surface area contributed by atoms with Crippen LogP contribution in [-0.2, 0) is 6.42 Å². The van der Waals surface area contributed by atoms with Gasteiger partial charge >= 0.3 is 0 Å². The van der Waals surface area contributed by atoms with Crippen LogP contribution in [-0.4, -0.2) is 42.7 Å². The molecule has 0 atom stereocenters. The average Bonchev–Trinajstić information content (AvgIpc) is 3.47. The molecule has 5 rings (SSSR count). The molecule has 0 bridgehead atoms. The first-order valence-corrected chi connectivity index (χ1v) is 12.5. The Morgan fingerprint density at radius 3 is 2.56 bits per heavy atom. The quantitative estimate of drug-likeness (QED) is 0.284. The van der Waals surface area contributed by atoms with Crippen LogP contribution in [0.5, 0.6) is 17.2 Å². The first-order valence-electron chi connectivity index (χ1n) is 11.7. The molecule has 0 radical (unpaired) electrons. The molecule has 8 heteroatoms. The lowest BCUT2D eigenvalue weighted by molar-refractivity contribution is 0.0954. The van der Waals surface area contributed by atoms with Crippen molar-refractivity contribution in [3.8, 4) is 28.5 Å². The zero-order valence-corrected chi connectivity index (χ0v) is 21.2. The Morgan fingerprint density at radius 2 is 1.81 bits per heavy atom. The van der Waals surface area contributed by atoms with E-state index in [2.05, 4.69) is 9.72 Å². The summed E-state index contributed by atoms with van der Waals surface area (Å²) in [5.74, 6) is 2.23. The fraction of sp³-hybridized carbons (Fsp3) is 0.214.